The van der Waals surface area contributed by atoms with Gasteiger partial charge in [0.1, 0.15) is 5.75 Å². The number of methoxy groups -OCH3 is 1. The molecule has 0 aromatic heterocycles. The van der Waals surface area contributed by atoms with Crippen LogP contribution in [0.4, 0.5) is 5.69 Å². The molecule has 0 amide bonds. The van der Waals surface area contributed by atoms with Crippen molar-refractivity contribution in [1.29, 1.82) is 0 Å². The van der Waals surface area contributed by atoms with E-state index in [2.05, 4.69) is 10.0 Å². The van der Waals surface area contributed by atoms with Gasteiger partial charge in [0.05, 0.1) is 12.9 Å². The first-order valence-electron chi connectivity index (χ1n) is 6.47. The summed E-state index contributed by atoms with van der Waals surface area (Å²) < 4.78 is 31.3. The van der Waals surface area contributed by atoms with E-state index < -0.39 is 10.0 Å². The van der Waals surface area contributed by atoms with Crippen molar-refractivity contribution in [1.82, 2.24) is 5.32 Å². The Labute approximate surface area is 114 Å². The third kappa shape index (κ3) is 5.08. The normalized spacial score (nSPS) is 15.2. The molecule has 0 unspecified atom stereocenters. The van der Waals surface area contributed by atoms with Crippen LogP contribution in [0.3, 0.4) is 0 Å². The third-order valence-corrected chi connectivity index (χ3v) is 4.34. The maximum Gasteiger partial charge on any atom is 0.232 e. The number of benzene rings is 1. The van der Waals surface area contributed by atoms with Crippen LogP contribution in [0.15, 0.2) is 24.3 Å². The fourth-order valence-electron chi connectivity index (χ4n) is 1.75. The number of nitrogens with one attached hydrogen (secondary N) is 2. The summed E-state index contributed by atoms with van der Waals surface area (Å²) in [4.78, 5) is 0. The van der Waals surface area contributed by atoms with Crippen molar-refractivity contribution in [2.45, 2.75) is 25.3 Å². The lowest BCUT2D eigenvalue weighted by atomic mass is 10.3. The fourth-order valence-corrected chi connectivity index (χ4v) is 2.87. The summed E-state index contributed by atoms with van der Waals surface area (Å²) in [5.41, 5.74) is 0.566. The van der Waals surface area contributed by atoms with Crippen molar-refractivity contribution < 1.29 is 13.2 Å². The standard InChI is InChI=1S/C13H20N2O3S/c1-18-13-7-5-12(6-8-13)15-19(16,17)10-2-9-14-11-3-4-11/h5-8,11,14-15H,2-4,9-10H2,1H3. The molecule has 0 bridgehead atoms. The first-order valence-corrected chi connectivity index (χ1v) is 8.12. The Balaban J connectivity index is 1.77. The van der Waals surface area contributed by atoms with Crippen molar-refractivity contribution in [2.24, 2.45) is 0 Å². The Morgan fingerprint density at radius 2 is 1.95 bits per heavy atom. The van der Waals surface area contributed by atoms with E-state index in [1.54, 1.807) is 31.4 Å². The van der Waals surface area contributed by atoms with Crippen LogP contribution in [0, 0.1) is 0 Å². The van der Waals surface area contributed by atoms with Crippen LogP contribution in [0.1, 0.15) is 19.3 Å². The quantitative estimate of drug-likeness (QED) is 0.711. The highest BCUT2D eigenvalue weighted by molar-refractivity contribution is 7.92. The van der Waals surface area contributed by atoms with E-state index >= 15 is 0 Å². The Kier molecular flexibility index (Phi) is 4.66. The molecule has 0 spiro atoms. The molecule has 1 saturated carbocycles. The van der Waals surface area contributed by atoms with Gasteiger partial charge in [0.25, 0.3) is 0 Å². The summed E-state index contributed by atoms with van der Waals surface area (Å²) in [6.45, 7) is 0.758. The van der Waals surface area contributed by atoms with Crippen LogP contribution in [0.25, 0.3) is 0 Å². The molecule has 1 aliphatic carbocycles. The van der Waals surface area contributed by atoms with E-state index in [0.717, 1.165) is 6.54 Å². The van der Waals surface area contributed by atoms with Gasteiger partial charge in [-0.3, -0.25) is 4.72 Å². The fraction of sp³-hybridized carbons (Fsp3) is 0.538. The maximum atomic E-state index is 11.8. The predicted molar refractivity (Wildman–Crippen MR) is 76.0 cm³/mol. The molecule has 19 heavy (non-hydrogen) atoms. The monoisotopic (exact) mass is 284 g/mol. The minimum Gasteiger partial charge on any atom is -0.497 e. The highest BCUT2D eigenvalue weighted by Gasteiger charge is 2.20. The molecule has 0 atom stereocenters. The van der Waals surface area contributed by atoms with Crippen LogP contribution in [-0.2, 0) is 10.0 Å². The summed E-state index contributed by atoms with van der Waals surface area (Å²) in [6.07, 6.45) is 3.07. The largest absolute Gasteiger partial charge is 0.497 e. The number of ether oxygens (including phenoxy) is 1. The van der Waals surface area contributed by atoms with Crippen LogP contribution in [0.5, 0.6) is 5.75 Å². The molecule has 1 fully saturated rings. The van der Waals surface area contributed by atoms with Crippen molar-refractivity contribution in [2.75, 3.05) is 24.1 Å². The number of rotatable bonds is 8. The number of sulfonamides is 1. The van der Waals surface area contributed by atoms with Gasteiger partial charge >= 0.3 is 0 Å². The predicted octanol–water partition coefficient (Wildman–Crippen LogP) is 1.58. The van der Waals surface area contributed by atoms with Gasteiger partial charge in [-0.25, -0.2) is 8.42 Å². The zero-order chi connectivity index (χ0) is 13.7. The topological polar surface area (TPSA) is 67.4 Å². The van der Waals surface area contributed by atoms with Crippen molar-refractivity contribution >= 4 is 15.7 Å². The third-order valence-electron chi connectivity index (χ3n) is 2.96. The molecule has 2 rings (SSSR count). The summed E-state index contributed by atoms with van der Waals surface area (Å²) in [5.74, 6) is 0.843. The molecule has 0 saturated heterocycles. The molecule has 1 aromatic carbocycles. The molecular weight excluding hydrogens is 264 g/mol. The SMILES string of the molecule is COc1ccc(NS(=O)(=O)CCCNC2CC2)cc1. The van der Waals surface area contributed by atoms with E-state index in [-0.39, 0.29) is 5.75 Å². The summed E-state index contributed by atoms with van der Waals surface area (Å²) in [7, 11) is -1.69. The van der Waals surface area contributed by atoms with Crippen molar-refractivity contribution in [3.05, 3.63) is 24.3 Å². The molecule has 6 heteroatoms. The minimum atomic E-state index is -3.26. The average Bonchev–Trinajstić information content (AvgIpc) is 3.19. The molecule has 0 radical (unpaired) electrons. The molecule has 1 aliphatic rings. The maximum absolute atomic E-state index is 11.8. The summed E-state index contributed by atoms with van der Waals surface area (Å²) >= 11 is 0. The molecule has 106 valence electrons. The second kappa shape index (κ2) is 6.25. The summed E-state index contributed by atoms with van der Waals surface area (Å²) in [6, 6.07) is 7.47. The van der Waals surface area contributed by atoms with E-state index in [1.807, 2.05) is 0 Å². The second-order valence-electron chi connectivity index (χ2n) is 4.73. The van der Waals surface area contributed by atoms with Gasteiger partial charge in [-0.2, -0.15) is 0 Å². The molecule has 0 heterocycles. The lowest BCUT2D eigenvalue weighted by Crippen LogP contribution is -2.23. The van der Waals surface area contributed by atoms with Crippen LogP contribution in [-0.4, -0.2) is 33.9 Å². The highest BCUT2D eigenvalue weighted by Crippen LogP contribution is 2.18. The smallest absolute Gasteiger partial charge is 0.232 e. The zero-order valence-corrected chi connectivity index (χ0v) is 11.9. The summed E-state index contributed by atoms with van der Waals surface area (Å²) in [5, 5.41) is 3.30. The average molecular weight is 284 g/mol. The zero-order valence-electron chi connectivity index (χ0n) is 11.1. The van der Waals surface area contributed by atoms with E-state index in [9.17, 15) is 8.42 Å². The highest BCUT2D eigenvalue weighted by atomic mass is 32.2. The lowest BCUT2D eigenvalue weighted by Gasteiger charge is -2.09. The van der Waals surface area contributed by atoms with Crippen molar-refractivity contribution in [3.8, 4) is 5.75 Å². The molecular formula is C13H20N2O3S. The Bertz CT molecular complexity index is 495. The molecule has 1 aromatic rings. The number of anilines is 1. The Morgan fingerprint density at radius 3 is 2.53 bits per heavy atom. The van der Waals surface area contributed by atoms with E-state index in [4.69, 9.17) is 4.74 Å². The minimum absolute atomic E-state index is 0.138. The Hall–Kier alpha value is -1.27. The van der Waals surface area contributed by atoms with E-state index in [1.165, 1.54) is 12.8 Å². The Morgan fingerprint density at radius 1 is 1.26 bits per heavy atom. The molecule has 0 aliphatic heterocycles. The van der Waals surface area contributed by atoms with Crippen LogP contribution < -0.4 is 14.8 Å². The van der Waals surface area contributed by atoms with Gasteiger partial charge < -0.3 is 10.1 Å². The van der Waals surface area contributed by atoms with Gasteiger partial charge in [-0.05, 0) is 50.1 Å². The van der Waals surface area contributed by atoms with Gasteiger partial charge in [-0.15, -0.1) is 0 Å². The van der Waals surface area contributed by atoms with Crippen molar-refractivity contribution in [3.63, 3.8) is 0 Å². The van der Waals surface area contributed by atoms with Gasteiger partial charge in [-0.1, -0.05) is 0 Å². The number of hydrogen-bond donors (Lipinski definition) is 2. The lowest BCUT2D eigenvalue weighted by molar-refractivity contribution is 0.415. The second-order valence-corrected chi connectivity index (χ2v) is 6.57. The van der Waals surface area contributed by atoms with E-state index in [0.29, 0.717) is 23.9 Å². The van der Waals surface area contributed by atoms with Crippen LogP contribution in [0.2, 0.25) is 0 Å². The number of hydrogen-bond acceptors (Lipinski definition) is 4. The van der Waals surface area contributed by atoms with Crippen LogP contribution >= 0.6 is 0 Å². The molecule has 2 N–H and O–H groups in total. The van der Waals surface area contributed by atoms with Gasteiger partial charge in [0, 0.05) is 11.7 Å². The van der Waals surface area contributed by atoms with Gasteiger partial charge in [0.15, 0.2) is 0 Å². The molecule has 5 nitrogen and oxygen atoms in total. The van der Waals surface area contributed by atoms with Gasteiger partial charge in [0.2, 0.25) is 10.0 Å². The first kappa shape index (κ1) is 14.1. The first-order chi connectivity index (χ1) is 9.09.